The van der Waals surface area contributed by atoms with Crippen LogP contribution in [0.1, 0.15) is 15.4 Å². The Labute approximate surface area is 113 Å². The third-order valence-electron chi connectivity index (χ3n) is 2.65. The number of ether oxygens (including phenoxy) is 2. The summed E-state index contributed by atoms with van der Waals surface area (Å²) >= 11 is 1.17. The standard InChI is InChI=1S/C12H11N3O3S/c1-6-10(19-12(13)14-6)11(16)15-7-2-3-8-9(4-7)18-5-17-8/h2-4H,5H2,1H3,(H2,13,14)(H,15,16). The summed E-state index contributed by atoms with van der Waals surface area (Å²) in [4.78, 5) is 16.6. The van der Waals surface area contributed by atoms with Crippen LogP contribution in [0.2, 0.25) is 0 Å². The summed E-state index contributed by atoms with van der Waals surface area (Å²) in [5.74, 6) is 1.07. The molecule has 1 aliphatic rings. The Kier molecular flexibility index (Phi) is 2.75. The van der Waals surface area contributed by atoms with E-state index in [-0.39, 0.29) is 12.7 Å². The van der Waals surface area contributed by atoms with E-state index in [0.29, 0.717) is 32.9 Å². The molecule has 1 amide bonds. The highest BCUT2D eigenvalue weighted by molar-refractivity contribution is 7.17. The van der Waals surface area contributed by atoms with Crippen molar-refractivity contribution in [2.75, 3.05) is 17.8 Å². The third kappa shape index (κ3) is 2.19. The Morgan fingerprint density at radius 3 is 2.95 bits per heavy atom. The molecule has 3 N–H and O–H groups in total. The lowest BCUT2D eigenvalue weighted by atomic mass is 10.2. The van der Waals surface area contributed by atoms with Gasteiger partial charge in [-0.3, -0.25) is 4.79 Å². The van der Waals surface area contributed by atoms with E-state index in [0.717, 1.165) is 0 Å². The minimum absolute atomic E-state index is 0.206. The van der Waals surface area contributed by atoms with Gasteiger partial charge < -0.3 is 20.5 Å². The molecule has 1 aromatic heterocycles. The maximum absolute atomic E-state index is 12.1. The van der Waals surface area contributed by atoms with E-state index in [2.05, 4.69) is 10.3 Å². The van der Waals surface area contributed by atoms with Gasteiger partial charge in [-0.05, 0) is 19.1 Å². The quantitative estimate of drug-likeness (QED) is 0.877. The van der Waals surface area contributed by atoms with Gasteiger partial charge in [-0.1, -0.05) is 11.3 Å². The fraction of sp³-hybridized carbons (Fsp3) is 0.167. The second-order valence-corrected chi connectivity index (χ2v) is 5.02. The van der Waals surface area contributed by atoms with Gasteiger partial charge in [-0.15, -0.1) is 0 Å². The van der Waals surface area contributed by atoms with Crippen molar-refractivity contribution < 1.29 is 14.3 Å². The molecule has 0 saturated heterocycles. The van der Waals surface area contributed by atoms with Crippen molar-refractivity contribution >= 4 is 28.1 Å². The number of hydrogen-bond acceptors (Lipinski definition) is 6. The van der Waals surface area contributed by atoms with E-state index < -0.39 is 0 Å². The van der Waals surface area contributed by atoms with Crippen LogP contribution in [0, 0.1) is 6.92 Å². The second kappa shape index (κ2) is 4.43. The molecular weight excluding hydrogens is 266 g/mol. The molecule has 0 spiro atoms. The van der Waals surface area contributed by atoms with Crippen molar-refractivity contribution in [3.8, 4) is 11.5 Å². The molecule has 0 radical (unpaired) electrons. The molecule has 0 aliphatic carbocycles. The highest BCUT2D eigenvalue weighted by Crippen LogP contribution is 2.34. The summed E-state index contributed by atoms with van der Waals surface area (Å²) in [6.45, 7) is 1.96. The van der Waals surface area contributed by atoms with E-state index >= 15 is 0 Å². The number of thiazole rings is 1. The summed E-state index contributed by atoms with van der Waals surface area (Å²) in [5, 5.41) is 3.17. The first-order valence-corrected chi connectivity index (χ1v) is 6.39. The van der Waals surface area contributed by atoms with Gasteiger partial charge in [0.1, 0.15) is 4.88 Å². The number of nitrogens with one attached hydrogen (secondary N) is 1. The Morgan fingerprint density at radius 2 is 2.21 bits per heavy atom. The molecular formula is C12H11N3O3S. The van der Waals surface area contributed by atoms with E-state index in [1.807, 2.05) is 0 Å². The molecule has 6 nitrogen and oxygen atoms in total. The SMILES string of the molecule is Cc1nc(N)sc1C(=O)Nc1ccc2c(c1)OCO2. The minimum Gasteiger partial charge on any atom is -0.454 e. The average Bonchev–Trinajstić information content (AvgIpc) is 2.94. The molecule has 3 rings (SSSR count). The number of hydrogen-bond donors (Lipinski definition) is 2. The predicted octanol–water partition coefficient (Wildman–Crippen LogP) is 2.01. The number of aryl methyl sites for hydroxylation is 1. The van der Waals surface area contributed by atoms with E-state index in [1.165, 1.54) is 11.3 Å². The molecule has 2 heterocycles. The van der Waals surface area contributed by atoms with Gasteiger partial charge >= 0.3 is 0 Å². The Bertz CT molecular complexity index is 654. The number of anilines is 2. The molecule has 1 aliphatic heterocycles. The van der Waals surface area contributed by atoms with Crippen LogP contribution in [-0.4, -0.2) is 17.7 Å². The Balaban J connectivity index is 1.81. The van der Waals surface area contributed by atoms with E-state index in [9.17, 15) is 4.79 Å². The summed E-state index contributed by atoms with van der Waals surface area (Å²) in [6, 6.07) is 5.23. The largest absolute Gasteiger partial charge is 0.454 e. The van der Waals surface area contributed by atoms with Crippen LogP contribution in [0.3, 0.4) is 0 Å². The topological polar surface area (TPSA) is 86.5 Å². The maximum Gasteiger partial charge on any atom is 0.267 e. The first-order chi connectivity index (χ1) is 9.13. The zero-order chi connectivity index (χ0) is 13.4. The van der Waals surface area contributed by atoms with Gasteiger partial charge in [0, 0.05) is 11.8 Å². The van der Waals surface area contributed by atoms with Crippen LogP contribution in [0.5, 0.6) is 11.5 Å². The van der Waals surface area contributed by atoms with E-state index in [1.54, 1.807) is 25.1 Å². The van der Waals surface area contributed by atoms with Gasteiger partial charge in [0.15, 0.2) is 16.6 Å². The van der Waals surface area contributed by atoms with Gasteiger partial charge in [0.2, 0.25) is 6.79 Å². The number of nitrogens with zero attached hydrogens (tertiary/aromatic N) is 1. The van der Waals surface area contributed by atoms with Gasteiger partial charge in [-0.25, -0.2) is 4.98 Å². The number of fused-ring (bicyclic) bond motifs is 1. The van der Waals surface area contributed by atoms with Crippen molar-refractivity contribution in [1.82, 2.24) is 4.98 Å². The molecule has 0 saturated carbocycles. The summed E-state index contributed by atoms with van der Waals surface area (Å²) in [7, 11) is 0. The molecule has 7 heteroatoms. The molecule has 0 bridgehead atoms. The molecule has 0 unspecified atom stereocenters. The molecule has 1 aromatic carbocycles. The zero-order valence-electron chi connectivity index (χ0n) is 10.1. The molecule has 19 heavy (non-hydrogen) atoms. The van der Waals surface area contributed by atoms with Crippen molar-refractivity contribution in [3.63, 3.8) is 0 Å². The van der Waals surface area contributed by atoms with Crippen molar-refractivity contribution in [2.45, 2.75) is 6.92 Å². The molecule has 2 aromatic rings. The van der Waals surface area contributed by atoms with E-state index in [4.69, 9.17) is 15.2 Å². The van der Waals surface area contributed by atoms with Crippen molar-refractivity contribution in [3.05, 3.63) is 28.8 Å². The Hall–Kier alpha value is -2.28. The maximum atomic E-state index is 12.1. The highest BCUT2D eigenvalue weighted by Gasteiger charge is 2.17. The summed E-state index contributed by atoms with van der Waals surface area (Å²) in [6.07, 6.45) is 0. The van der Waals surface area contributed by atoms with Crippen LogP contribution in [0.15, 0.2) is 18.2 Å². The number of carbonyl (C=O) groups excluding carboxylic acids is 1. The van der Waals surface area contributed by atoms with Crippen LogP contribution < -0.4 is 20.5 Å². The molecule has 0 atom stereocenters. The first-order valence-electron chi connectivity index (χ1n) is 5.57. The molecule has 98 valence electrons. The number of amides is 1. The zero-order valence-corrected chi connectivity index (χ0v) is 10.9. The lowest BCUT2D eigenvalue weighted by molar-refractivity contribution is 0.103. The number of nitrogen functional groups attached to an aromatic ring is 1. The first kappa shape index (κ1) is 11.8. The lowest BCUT2D eigenvalue weighted by Gasteiger charge is -2.05. The van der Waals surface area contributed by atoms with Crippen LogP contribution in [0.4, 0.5) is 10.8 Å². The van der Waals surface area contributed by atoms with Gasteiger partial charge in [0.25, 0.3) is 5.91 Å². The second-order valence-electron chi connectivity index (χ2n) is 3.99. The normalized spacial score (nSPS) is 12.5. The van der Waals surface area contributed by atoms with Crippen molar-refractivity contribution in [1.29, 1.82) is 0 Å². The fourth-order valence-corrected chi connectivity index (χ4v) is 2.52. The smallest absolute Gasteiger partial charge is 0.267 e. The number of rotatable bonds is 2. The van der Waals surface area contributed by atoms with Crippen LogP contribution >= 0.6 is 11.3 Å². The highest BCUT2D eigenvalue weighted by atomic mass is 32.1. The van der Waals surface area contributed by atoms with Crippen LogP contribution in [0.25, 0.3) is 0 Å². The fourth-order valence-electron chi connectivity index (χ4n) is 1.79. The number of carbonyl (C=O) groups is 1. The van der Waals surface area contributed by atoms with Gasteiger partial charge in [-0.2, -0.15) is 0 Å². The van der Waals surface area contributed by atoms with Gasteiger partial charge in [0.05, 0.1) is 5.69 Å². The Morgan fingerprint density at radius 1 is 1.42 bits per heavy atom. The predicted molar refractivity (Wildman–Crippen MR) is 71.8 cm³/mol. The number of nitrogens with two attached hydrogens (primary N) is 1. The third-order valence-corrected chi connectivity index (χ3v) is 3.64. The summed E-state index contributed by atoms with van der Waals surface area (Å²) in [5.41, 5.74) is 6.84. The average molecular weight is 277 g/mol. The van der Waals surface area contributed by atoms with Crippen molar-refractivity contribution in [2.24, 2.45) is 0 Å². The summed E-state index contributed by atoms with van der Waals surface area (Å²) < 4.78 is 10.5. The number of benzene rings is 1. The number of aromatic nitrogens is 1. The van der Waals surface area contributed by atoms with Crippen LogP contribution in [-0.2, 0) is 0 Å². The monoisotopic (exact) mass is 277 g/mol. The molecule has 0 fully saturated rings. The lowest BCUT2D eigenvalue weighted by Crippen LogP contribution is -2.11. The minimum atomic E-state index is -0.231.